The molecule has 2 amide bonds. The molecule has 160 valence electrons. The Labute approximate surface area is 178 Å². The van der Waals surface area contributed by atoms with E-state index in [0.717, 1.165) is 11.8 Å². The number of rotatable bonds is 11. The van der Waals surface area contributed by atoms with E-state index in [1.54, 1.807) is 0 Å². The molecule has 29 heavy (non-hydrogen) atoms. The van der Waals surface area contributed by atoms with Gasteiger partial charge >= 0.3 is 11.9 Å². The van der Waals surface area contributed by atoms with E-state index in [9.17, 15) is 24.0 Å². The zero-order valence-electron chi connectivity index (χ0n) is 14.7. The lowest BCUT2D eigenvalue weighted by molar-refractivity contribution is -0.139. The van der Waals surface area contributed by atoms with Gasteiger partial charge in [-0.3, -0.25) is 24.0 Å². The van der Waals surface area contributed by atoms with Gasteiger partial charge in [0.05, 0.1) is 10.0 Å². The number of hydrogen-bond acceptors (Lipinski definition) is 7. The molecule has 11 nitrogen and oxygen atoms in total. The fourth-order valence-corrected chi connectivity index (χ4v) is 3.34. The standard InChI is InChI=1S/C15H18Cl2N4O7S/c16-6-3-7(17)14(21-12(6)25)29-5-9(13(26)19-4-11(23)24)20-10(22)2-1-8(18)15(27)28/h3,8-9H,1-2,4-5,18H2,(H,19,26)(H,20,22)(H,21,25)(H,23,24)(H,27,28). The molecule has 0 aliphatic heterocycles. The largest absolute Gasteiger partial charge is 0.480 e. The molecule has 0 aliphatic rings. The van der Waals surface area contributed by atoms with Crippen molar-refractivity contribution in [3.05, 3.63) is 26.5 Å². The highest BCUT2D eigenvalue weighted by Gasteiger charge is 2.23. The second-order valence-corrected chi connectivity index (χ2v) is 7.49. The van der Waals surface area contributed by atoms with Crippen LogP contribution < -0.4 is 21.9 Å². The number of carboxylic acids is 2. The predicted octanol–water partition coefficient (Wildman–Crippen LogP) is -0.349. The fourth-order valence-electron chi connectivity index (χ4n) is 1.88. The lowest BCUT2D eigenvalue weighted by Gasteiger charge is -2.18. The summed E-state index contributed by atoms with van der Waals surface area (Å²) < 4.78 is 0. The predicted molar refractivity (Wildman–Crippen MR) is 105 cm³/mol. The Bertz CT molecular complexity index is 848. The smallest absolute Gasteiger partial charge is 0.322 e. The Morgan fingerprint density at radius 3 is 2.45 bits per heavy atom. The van der Waals surface area contributed by atoms with Crippen LogP contribution in [-0.2, 0) is 19.2 Å². The van der Waals surface area contributed by atoms with Crippen molar-refractivity contribution in [2.24, 2.45) is 5.73 Å². The number of aromatic nitrogens is 1. The van der Waals surface area contributed by atoms with Crippen molar-refractivity contribution in [1.29, 1.82) is 0 Å². The van der Waals surface area contributed by atoms with E-state index in [1.165, 1.54) is 6.07 Å². The maximum Gasteiger partial charge on any atom is 0.322 e. The molecular weight excluding hydrogens is 451 g/mol. The summed E-state index contributed by atoms with van der Waals surface area (Å²) in [7, 11) is 0. The summed E-state index contributed by atoms with van der Waals surface area (Å²) >= 11 is 12.6. The lowest BCUT2D eigenvalue weighted by Crippen LogP contribution is -2.49. The van der Waals surface area contributed by atoms with Gasteiger partial charge in [-0.2, -0.15) is 0 Å². The number of halogens is 2. The number of nitrogens with one attached hydrogen (secondary N) is 3. The molecule has 1 heterocycles. The average Bonchev–Trinajstić information content (AvgIpc) is 2.64. The molecule has 14 heteroatoms. The van der Waals surface area contributed by atoms with E-state index in [2.05, 4.69) is 15.6 Å². The van der Waals surface area contributed by atoms with Crippen LogP contribution in [0.3, 0.4) is 0 Å². The number of H-pyrrole nitrogens is 1. The molecule has 0 saturated heterocycles. The number of hydrogen-bond donors (Lipinski definition) is 6. The van der Waals surface area contributed by atoms with Crippen LogP contribution in [0.25, 0.3) is 0 Å². The minimum atomic E-state index is -1.28. The number of aliphatic carboxylic acids is 2. The molecule has 1 aromatic rings. The average molecular weight is 469 g/mol. The molecule has 0 aliphatic carbocycles. The normalized spacial score (nSPS) is 12.7. The summed E-state index contributed by atoms with van der Waals surface area (Å²) in [5.74, 6) is -4.12. The summed E-state index contributed by atoms with van der Waals surface area (Å²) in [6, 6.07) is -1.22. The molecule has 2 unspecified atom stereocenters. The third kappa shape index (κ3) is 8.73. The molecule has 0 spiro atoms. The van der Waals surface area contributed by atoms with Crippen molar-refractivity contribution in [2.45, 2.75) is 30.0 Å². The minimum absolute atomic E-state index is 0.112. The monoisotopic (exact) mass is 468 g/mol. The van der Waals surface area contributed by atoms with E-state index in [4.69, 9.17) is 39.1 Å². The lowest BCUT2D eigenvalue weighted by atomic mass is 10.1. The third-order valence-electron chi connectivity index (χ3n) is 3.37. The van der Waals surface area contributed by atoms with Crippen LogP contribution in [0, 0.1) is 0 Å². The van der Waals surface area contributed by atoms with Crippen molar-refractivity contribution < 1.29 is 29.4 Å². The number of aromatic amines is 1. The Kier molecular flexibility index (Phi) is 9.95. The van der Waals surface area contributed by atoms with Crippen molar-refractivity contribution >= 4 is 58.7 Å². The second kappa shape index (κ2) is 11.7. The van der Waals surface area contributed by atoms with E-state index < -0.39 is 47.9 Å². The molecule has 2 atom stereocenters. The highest BCUT2D eigenvalue weighted by molar-refractivity contribution is 7.99. The molecule has 1 rings (SSSR count). The Balaban J connectivity index is 2.82. The van der Waals surface area contributed by atoms with Crippen LogP contribution >= 0.6 is 35.0 Å². The minimum Gasteiger partial charge on any atom is -0.480 e. The van der Waals surface area contributed by atoms with E-state index >= 15 is 0 Å². The third-order valence-corrected chi connectivity index (χ3v) is 5.18. The first-order valence-corrected chi connectivity index (χ1v) is 9.73. The number of carbonyl (C=O) groups excluding carboxylic acids is 2. The summed E-state index contributed by atoms with van der Waals surface area (Å²) in [4.78, 5) is 59.6. The maximum absolute atomic E-state index is 12.2. The number of pyridine rings is 1. The summed E-state index contributed by atoms with van der Waals surface area (Å²) in [6.45, 7) is -0.668. The number of amides is 2. The second-order valence-electron chi connectivity index (χ2n) is 5.65. The van der Waals surface area contributed by atoms with E-state index in [0.29, 0.717) is 0 Å². The van der Waals surface area contributed by atoms with Gasteiger partial charge in [0.2, 0.25) is 11.8 Å². The number of nitrogens with two attached hydrogens (primary N) is 1. The molecule has 7 N–H and O–H groups in total. The van der Waals surface area contributed by atoms with Gasteiger partial charge < -0.3 is 31.6 Å². The number of carboxylic acid groups (broad SMARTS) is 2. The van der Waals surface area contributed by atoms with Crippen LogP contribution in [0.4, 0.5) is 0 Å². The SMILES string of the molecule is NC(CCC(=O)NC(CSc1[nH]c(=O)c(Cl)cc1Cl)C(=O)NCC(=O)O)C(=O)O. The highest BCUT2D eigenvalue weighted by Crippen LogP contribution is 2.25. The van der Waals surface area contributed by atoms with Gasteiger partial charge in [0.25, 0.3) is 5.56 Å². The zero-order chi connectivity index (χ0) is 22.1. The highest BCUT2D eigenvalue weighted by atomic mass is 35.5. The molecular formula is C15H18Cl2N4O7S. The Morgan fingerprint density at radius 2 is 1.86 bits per heavy atom. The number of thioether (sulfide) groups is 1. The summed E-state index contributed by atoms with van der Waals surface area (Å²) in [6.07, 6.45) is -0.423. The molecule has 0 radical (unpaired) electrons. The van der Waals surface area contributed by atoms with Crippen LogP contribution in [0.5, 0.6) is 0 Å². The Morgan fingerprint density at radius 1 is 1.21 bits per heavy atom. The van der Waals surface area contributed by atoms with Crippen LogP contribution in [0.15, 0.2) is 15.9 Å². The molecule has 1 aromatic heterocycles. The first-order chi connectivity index (χ1) is 13.5. The quantitative estimate of drug-likeness (QED) is 0.235. The van der Waals surface area contributed by atoms with Gasteiger partial charge in [0.15, 0.2) is 0 Å². The molecule has 0 bridgehead atoms. The van der Waals surface area contributed by atoms with Crippen molar-refractivity contribution in [1.82, 2.24) is 15.6 Å². The topological polar surface area (TPSA) is 192 Å². The Hall–Kier alpha value is -2.28. The van der Waals surface area contributed by atoms with Gasteiger partial charge in [-0.15, -0.1) is 11.8 Å². The molecule has 0 aromatic carbocycles. The van der Waals surface area contributed by atoms with Crippen molar-refractivity contribution in [2.75, 3.05) is 12.3 Å². The number of carbonyl (C=O) groups is 4. The van der Waals surface area contributed by atoms with E-state index in [1.807, 2.05) is 0 Å². The maximum atomic E-state index is 12.2. The summed E-state index contributed by atoms with van der Waals surface area (Å²) in [5.41, 5.74) is 4.73. The van der Waals surface area contributed by atoms with Gasteiger partial charge in [0.1, 0.15) is 23.7 Å². The fraction of sp³-hybridized carbons (Fsp3) is 0.400. The first kappa shape index (κ1) is 24.8. The van der Waals surface area contributed by atoms with Gasteiger partial charge in [-0.25, -0.2) is 0 Å². The first-order valence-electron chi connectivity index (χ1n) is 7.99. The zero-order valence-corrected chi connectivity index (χ0v) is 17.1. The van der Waals surface area contributed by atoms with Crippen LogP contribution in [0.2, 0.25) is 10.0 Å². The van der Waals surface area contributed by atoms with Gasteiger partial charge in [0, 0.05) is 12.2 Å². The molecule has 0 saturated carbocycles. The van der Waals surface area contributed by atoms with Gasteiger partial charge in [-0.1, -0.05) is 23.2 Å². The van der Waals surface area contributed by atoms with Crippen molar-refractivity contribution in [3.63, 3.8) is 0 Å². The van der Waals surface area contributed by atoms with Gasteiger partial charge in [-0.05, 0) is 12.5 Å². The van der Waals surface area contributed by atoms with E-state index in [-0.39, 0.29) is 33.7 Å². The van der Waals surface area contributed by atoms with Crippen LogP contribution in [-0.4, -0.2) is 63.3 Å². The molecule has 0 fully saturated rings. The van der Waals surface area contributed by atoms with Crippen molar-refractivity contribution in [3.8, 4) is 0 Å². The van der Waals surface area contributed by atoms with Crippen LogP contribution in [0.1, 0.15) is 12.8 Å². The summed E-state index contributed by atoms with van der Waals surface area (Å²) in [5, 5.41) is 22.1.